The number of halogens is 1. The summed E-state index contributed by atoms with van der Waals surface area (Å²) in [7, 11) is 2.10. The van der Waals surface area contributed by atoms with Gasteiger partial charge in [0.15, 0.2) is 5.83 Å². The number of fused-ring (bicyclic) bond motifs is 2. The zero-order valence-corrected chi connectivity index (χ0v) is 24.5. The van der Waals surface area contributed by atoms with Crippen LogP contribution in [0, 0.1) is 18.3 Å². The highest BCUT2D eigenvalue weighted by Gasteiger charge is 2.35. The Morgan fingerprint density at radius 3 is 2.79 bits per heavy atom. The van der Waals surface area contributed by atoms with E-state index < -0.39 is 11.7 Å². The van der Waals surface area contributed by atoms with Crippen LogP contribution in [-0.2, 0) is 17.8 Å². The van der Waals surface area contributed by atoms with E-state index in [0.29, 0.717) is 50.7 Å². The number of hydrogen-bond acceptors (Lipinski definition) is 8. The lowest BCUT2D eigenvalue weighted by Crippen LogP contribution is -2.54. The fourth-order valence-electron chi connectivity index (χ4n) is 6.76. The number of ether oxygens (including phenoxy) is 1. The fourth-order valence-corrected chi connectivity index (χ4v) is 6.76. The number of aryl methyl sites for hydroxylation is 1. The summed E-state index contributed by atoms with van der Waals surface area (Å²) in [6, 6.07) is 6.58. The molecule has 11 heteroatoms. The Hall–Kier alpha value is -4.17. The monoisotopic (exact) mass is 572 g/mol. The summed E-state index contributed by atoms with van der Waals surface area (Å²) in [6.07, 6.45) is 4.58. The molecule has 3 aliphatic heterocycles. The number of pyridine rings is 1. The Bertz CT molecular complexity index is 1580. The molecule has 2 fully saturated rings. The van der Waals surface area contributed by atoms with Crippen molar-refractivity contribution in [2.45, 2.75) is 51.7 Å². The maximum absolute atomic E-state index is 13.7. The van der Waals surface area contributed by atoms with Gasteiger partial charge in [-0.2, -0.15) is 5.26 Å². The molecule has 0 unspecified atom stereocenters. The number of piperazine rings is 1. The van der Waals surface area contributed by atoms with E-state index in [4.69, 9.17) is 9.72 Å². The summed E-state index contributed by atoms with van der Waals surface area (Å²) in [5.41, 5.74) is 7.28. The third kappa shape index (κ3) is 4.94. The van der Waals surface area contributed by atoms with Gasteiger partial charge in [-0.05, 0) is 58.3 Å². The van der Waals surface area contributed by atoms with Gasteiger partial charge in [0.05, 0.1) is 35.5 Å². The van der Waals surface area contributed by atoms with Gasteiger partial charge in [0.2, 0.25) is 5.88 Å². The normalized spacial score (nSPS) is 21.0. The lowest BCUT2D eigenvalue weighted by Gasteiger charge is -2.42. The van der Waals surface area contributed by atoms with E-state index in [1.54, 1.807) is 6.33 Å². The van der Waals surface area contributed by atoms with Gasteiger partial charge in [-0.15, -0.1) is 0 Å². The molecule has 0 spiro atoms. The van der Waals surface area contributed by atoms with Crippen molar-refractivity contribution in [3.8, 4) is 11.9 Å². The van der Waals surface area contributed by atoms with Crippen LogP contribution in [0.4, 0.5) is 15.8 Å². The zero-order chi connectivity index (χ0) is 29.5. The Morgan fingerprint density at radius 1 is 1.24 bits per heavy atom. The van der Waals surface area contributed by atoms with E-state index in [0.717, 1.165) is 65.2 Å². The highest BCUT2D eigenvalue weighted by Crippen LogP contribution is 2.40. The molecular formula is C31H37FN8O2. The topological polar surface area (TPSA) is 105 Å². The number of anilines is 2. The quantitative estimate of drug-likeness (QED) is 0.446. The third-order valence-electron chi connectivity index (χ3n) is 9.01. The summed E-state index contributed by atoms with van der Waals surface area (Å²) in [6.45, 7) is 11.2. The molecule has 0 saturated carbocycles. The number of H-pyrrole nitrogens is 1. The maximum Gasteiger partial charge on any atom is 0.282 e. The molecule has 0 bridgehead atoms. The minimum Gasteiger partial charge on any atom is -0.475 e. The summed E-state index contributed by atoms with van der Waals surface area (Å²) >= 11 is 0. The van der Waals surface area contributed by atoms with Gasteiger partial charge in [0, 0.05) is 43.8 Å². The second-order valence-corrected chi connectivity index (χ2v) is 11.7. The van der Waals surface area contributed by atoms with Crippen LogP contribution in [0.3, 0.4) is 0 Å². The van der Waals surface area contributed by atoms with Gasteiger partial charge in [-0.25, -0.2) is 14.4 Å². The first-order valence-electron chi connectivity index (χ1n) is 14.6. The molecule has 0 aliphatic carbocycles. The van der Waals surface area contributed by atoms with Crippen LogP contribution < -0.4 is 14.5 Å². The smallest absolute Gasteiger partial charge is 0.282 e. The van der Waals surface area contributed by atoms with Crippen molar-refractivity contribution in [2.24, 2.45) is 0 Å². The van der Waals surface area contributed by atoms with Crippen LogP contribution in [0.15, 0.2) is 30.9 Å². The minimum absolute atomic E-state index is 0.259. The number of hydrogen-bond donors (Lipinski definition) is 1. The average Bonchev–Trinajstić information content (AvgIpc) is 3.62. The van der Waals surface area contributed by atoms with E-state index in [1.165, 1.54) is 4.90 Å². The number of nitriles is 1. The number of rotatable bonds is 6. The molecule has 1 aromatic carbocycles. The first kappa shape index (κ1) is 28.0. The molecule has 2 saturated heterocycles. The zero-order valence-electron chi connectivity index (χ0n) is 24.5. The van der Waals surface area contributed by atoms with Gasteiger partial charge in [0.25, 0.3) is 5.91 Å². The van der Waals surface area contributed by atoms with Gasteiger partial charge in [0.1, 0.15) is 23.8 Å². The van der Waals surface area contributed by atoms with Crippen LogP contribution in [0.2, 0.25) is 0 Å². The summed E-state index contributed by atoms with van der Waals surface area (Å²) < 4.78 is 20.1. The lowest BCUT2D eigenvalue weighted by atomic mass is 9.96. The predicted octanol–water partition coefficient (Wildman–Crippen LogP) is 3.69. The molecule has 1 N–H and O–H groups in total. The van der Waals surface area contributed by atoms with E-state index in [1.807, 2.05) is 13.0 Å². The Labute approximate surface area is 245 Å². The Kier molecular flexibility index (Phi) is 7.49. The highest BCUT2D eigenvalue weighted by molar-refractivity contribution is 5.91. The number of aromatic nitrogens is 3. The molecule has 3 aromatic rings. The number of likely N-dealkylation sites (N-methyl/N-ethyl adjacent to an activating group) is 1. The van der Waals surface area contributed by atoms with Gasteiger partial charge < -0.3 is 29.3 Å². The molecule has 1 amide bonds. The first-order valence-corrected chi connectivity index (χ1v) is 14.6. The number of nitrogens with zero attached hydrogens (tertiary/aromatic N) is 7. The maximum atomic E-state index is 13.7. The Balaban J connectivity index is 1.38. The summed E-state index contributed by atoms with van der Waals surface area (Å²) in [4.78, 5) is 33.5. The Morgan fingerprint density at radius 2 is 2.07 bits per heavy atom. The first-order chi connectivity index (χ1) is 20.3. The number of carbonyl (C=O) groups excluding carboxylic acids is 1. The van der Waals surface area contributed by atoms with Crippen LogP contribution in [-0.4, -0.2) is 89.1 Å². The van der Waals surface area contributed by atoms with Gasteiger partial charge in [-0.1, -0.05) is 12.6 Å². The van der Waals surface area contributed by atoms with Crippen molar-refractivity contribution in [1.82, 2.24) is 24.8 Å². The molecule has 10 nitrogen and oxygen atoms in total. The molecule has 5 heterocycles. The summed E-state index contributed by atoms with van der Waals surface area (Å²) in [5, 5.41) is 10.5. The molecule has 2 atom stereocenters. The molecule has 0 radical (unpaired) electrons. The third-order valence-corrected chi connectivity index (χ3v) is 9.01. The number of likely N-dealkylation sites (tertiary alicyclic amines) is 1. The number of carbonyl (C=O) groups is 1. The molecule has 220 valence electrons. The largest absolute Gasteiger partial charge is 0.475 e. The van der Waals surface area contributed by atoms with E-state index >= 15 is 0 Å². The average molecular weight is 573 g/mol. The molecule has 6 rings (SSSR count). The standard InChI is InChI=1S/C31H37FN8O2/c1-19-7-8-25-27(35-18-34-25)28(19)38-11-9-23-26(16-38)36-30(42-17-22-6-5-10-37(22)4)24(14-33)29(23)39-12-13-40(20(2)15-39)31(41)21(3)32/h7-8,18,20,22H,3,5-6,9-13,15-17H2,1-2,4H3,(H,34,35)/t20-,22-/m0/s1. The van der Waals surface area contributed by atoms with Crippen molar-refractivity contribution < 1.29 is 13.9 Å². The summed E-state index contributed by atoms with van der Waals surface area (Å²) in [5.74, 6) is -1.28. The molecule has 42 heavy (non-hydrogen) atoms. The SMILES string of the molecule is C=C(F)C(=O)N1CCN(c2c(C#N)c(OC[C@@H]3CCCN3C)nc3c2CCN(c2c(C)ccc4[nH]cnc24)C3)C[C@@H]1C. The van der Waals surface area contributed by atoms with Gasteiger partial charge in [-0.3, -0.25) is 4.79 Å². The van der Waals surface area contributed by atoms with Crippen molar-refractivity contribution >= 4 is 28.3 Å². The van der Waals surface area contributed by atoms with Crippen LogP contribution in [0.1, 0.15) is 42.1 Å². The van der Waals surface area contributed by atoms with E-state index in [2.05, 4.69) is 57.4 Å². The fraction of sp³-hybridized carbons (Fsp3) is 0.484. The number of benzene rings is 1. The van der Waals surface area contributed by atoms with Crippen molar-refractivity contribution in [2.75, 3.05) is 56.2 Å². The number of nitrogens with one attached hydrogen (secondary N) is 1. The van der Waals surface area contributed by atoms with Crippen LogP contribution >= 0.6 is 0 Å². The van der Waals surface area contributed by atoms with Crippen molar-refractivity contribution in [1.29, 1.82) is 5.26 Å². The highest BCUT2D eigenvalue weighted by atomic mass is 19.1. The van der Waals surface area contributed by atoms with E-state index in [-0.39, 0.29) is 12.1 Å². The number of aromatic amines is 1. The predicted molar refractivity (Wildman–Crippen MR) is 159 cm³/mol. The van der Waals surface area contributed by atoms with Crippen molar-refractivity contribution in [3.63, 3.8) is 0 Å². The molecule has 3 aliphatic rings. The van der Waals surface area contributed by atoms with Crippen molar-refractivity contribution in [3.05, 3.63) is 53.3 Å². The molecular weight excluding hydrogens is 535 g/mol. The minimum atomic E-state index is -0.954. The molecule has 2 aromatic heterocycles. The second kappa shape index (κ2) is 11.2. The number of imidazole rings is 1. The number of amides is 1. The van der Waals surface area contributed by atoms with Crippen LogP contribution in [0.5, 0.6) is 5.88 Å². The van der Waals surface area contributed by atoms with E-state index in [9.17, 15) is 14.4 Å². The lowest BCUT2D eigenvalue weighted by molar-refractivity contribution is -0.131. The van der Waals surface area contributed by atoms with Gasteiger partial charge >= 0.3 is 0 Å². The van der Waals surface area contributed by atoms with Crippen LogP contribution in [0.25, 0.3) is 11.0 Å². The second-order valence-electron chi connectivity index (χ2n) is 11.7.